The molecule has 0 fully saturated rings. The Morgan fingerprint density at radius 1 is 1.14 bits per heavy atom. The Balaban J connectivity index is 1.97. The second-order valence-corrected chi connectivity index (χ2v) is 5.86. The third kappa shape index (κ3) is 2.41. The molecular formula is C16H14ClNO4. The maximum atomic E-state index is 12.5. The fourth-order valence-electron chi connectivity index (χ4n) is 2.97. The van der Waals surface area contributed by atoms with Crippen LogP contribution in [0.15, 0.2) is 29.3 Å². The number of hydrogen-bond acceptors (Lipinski definition) is 3. The van der Waals surface area contributed by atoms with Crippen LogP contribution in [0.4, 0.5) is 5.69 Å². The molecule has 3 rings (SSSR count). The molecule has 0 aromatic heterocycles. The molecule has 1 aromatic rings. The van der Waals surface area contributed by atoms with Gasteiger partial charge in [-0.15, -0.1) is 0 Å². The summed E-state index contributed by atoms with van der Waals surface area (Å²) in [5.74, 6) is -1.60. The summed E-state index contributed by atoms with van der Waals surface area (Å²) in [5, 5.41) is 9.21. The lowest BCUT2D eigenvalue weighted by atomic mass is 9.93. The minimum absolute atomic E-state index is 0.254. The number of amides is 2. The SMILES string of the molecule is O=C(O)Cc1cc(N2C(=O)C3=C(CCCC3)C2=O)ccc1Cl. The van der Waals surface area contributed by atoms with Crippen molar-refractivity contribution >= 4 is 35.1 Å². The molecule has 1 aromatic carbocycles. The maximum absolute atomic E-state index is 12.5. The Hall–Kier alpha value is -2.14. The van der Waals surface area contributed by atoms with Gasteiger partial charge in [-0.05, 0) is 49.4 Å². The highest BCUT2D eigenvalue weighted by Crippen LogP contribution is 2.36. The number of aliphatic carboxylic acids is 1. The number of imide groups is 1. The second-order valence-electron chi connectivity index (χ2n) is 5.46. The number of benzene rings is 1. The van der Waals surface area contributed by atoms with Gasteiger partial charge in [0.15, 0.2) is 0 Å². The van der Waals surface area contributed by atoms with Crippen LogP contribution >= 0.6 is 11.6 Å². The van der Waals surface area contributed by atoms with Crippen LogP contribution in [-0.2, 0) is 20.8 Å². The number of halogens is 1. The van der Waals surface area contributed by atoms with Gasteiger partial charge in [0.1, 0.15) is 0 Å². The van der Waals surface area contributed by atoms with Crippen molar-refractivity contribution in [1.82, 2.24) is 0 Å². The Morgan fingerprint density at radius 3 is 2.27 bits per heavy atom. The van der Waals surface area contributed by atoms with Crippen LogP contribution in [0.25, 0.3) is 0 Å². The summed E-state index contributed by atoms with van der Waals surface area (Å²) in [4.78, 5) is 36.9. The lowest BCUT2D eigenvalue weighted by Crippen LogP contribution is -2.31. The van der Waals surface area contributed by atoms with Crippen molar-refractivity contribution < 1.29 is 19.5 Å². The van der Waals surface area contributed by atoms with Crippen LogP contribution in [0, 0.1) is 0 Å². The summed E-state index contributed by atoms with van der Waals surface area (Å²) < 4.78 is 0. The standard InChI is InChI=1S/C16H14ClNO4/c17-13-6-5-10(7-9(13)8-14(19)20)18-15(21)11-3-1-2-4-12(11)16(18)22/h5-7H,1-4,8H2,(H,19,20). The monoisotopic (exact) mass is 319 g/mol. The van der Waals surface area contributed by atoms with Gasteiger partial charge in [-0.3, -0.25) is 14.4 Å². The average Bonchev–Trinajstić information content (AvgIpc) is 2.74. The summed E-state index contributed by atoms with van der Waals surface area (Å²) in [6, 6.07) is 4.60. The van der Waals surface area contributed by atoms with Crippen LogP contribution in [0.1, 0.15) is 31.2 Å². The first-order chi connectivity index (χ1) is 10.5. The lowest BCUT2D eigenvalue weighted by Gasteiger charge is -2.16. The van der Waals surface area contributed by atoms with E-state index in [2.05, 4.69) is 0 Å². The van der Waals surface area contributed by atoms with Crippen molar-refractivity contribution in [2.75, 3.05) is 4.90 Å². The van der Waals surface area contributed by atoms with E-state index in [1.54, 1.807) is 6.07 Å². The first-order valence-electron chi connectivity index (χ1n) is 7.10. The fourth-order valence-corrected chi connectivity index (χ4v) is 3.16. The number of anilines is 1. The highest BCUT2D eigenvalue weighted by atomic mass is 35.5. The summed E-state index contributed by atoms with van der Waals surface area (Å²) >= 11 is 5.98. The van der Waals surface area contributed by atoms with Crippen LogP contribution in [0.5, 0.6) is 0 Å². The molecule has 0 spiro atoms. The van der Waals surface area contributed by atoms with E-state index in [9.17, 15) is 14.4 Å². The number of hydrogen-bond donors (Lipinski definition) is 1. The van der Waals surface area contributed by atoms with Crippen molar-refractivity contribution in [2.45, 2.75) is 32.1 Å². The summed E-state index contributed by atoms with van der Waals surface area (Å²) in [7, 11) is 0. The highest BCUT2D eigenvalue weighted by molar-refractivity contribution is 6.34. The number of rotatable bonds is 3. The second kappa shape index (κ2) is 5.57. The first-order valence-corrected chi connectivity index (χ1v) is 7.48. The van der Waals surface area contributed by atoms with Crippen LogP contribution in [0.3, 0.4) is 0 Å². The van der Waals surface area contributed by atoms with Gasteiger partial charge in [-0.25, -0.2) is 4.90 Å². The molecule has 2 aliphatic rings. The number of carbonyl (C=O) groups is 3. The topological polar surface area (TPSA) is 74.7 Å². The van der Waals surface area contributed by atoms with Gasteiger partial charge in [0.25, 0.3) is 11.8 Å². The largest absolute Gasteiger partial charge is 0.481 e. The van der Waals surface area contributed by atoms with Gasteiger partial charge in [0.2, 0.25) is 0 Å². The van der Waals surface area contributed by atoms with Gasteiger partial charge < -0.3 is 5.11 Å². The van der Waals surface area contributed by atoms with Crippen molar-refractivity contribution in [1.29, 1.82) is 0 Å². The van der Waals surface area contributed by atoms with E-state index in [4.69, 9.17) is 16.7 Å². The van der Waals surface area contributed by atoms with Gasteiger partial charge >= 0.3 is 5.97 Å². The van der Waals surface area contributed by atoms with Crippen molar-refractivity contribution in [3.05, 3.63) is 39.9 Å². The normalized spacial score (nSPS) is 18.0. The molecule has 5 nitrogen and oxygen atoms in total. The predicted octanol–water partition coefficient (Wildman–Crippen LogP) is 2.71. The molecule has 22 heavy (non-hydrogen) atoms. The third-order valence-electron chi connectivity index (χ3n) is 4.02. The summed E-state index contributed by atoms with van der Waals surface area (Å²) in [6.07, 6.45) is 2.83. The van der Waals surface area contributed by atoms with Crippen LogP contribution < -0.4 is 4.90 Å². The molecule has 0 saturated heterocycles. The molecule has 114 valence electrons. The number of carboxylic acid groups (broad SMARTS) is 1. The number of carboxylic acids is 1. The van der Waals surface area contributed by atoms with Crippen LogP contribution in [-0.4, -0.2) is 22.9 Å². The van der Waals surface area contributed by atoms with E-state index in [1.165, 1.54) is 12.1 Å². The van der Waals surface area contributed by atoms with Gasteiger partial charge in [0.05, 0.1) is 12.1 Å². The van der Waals surface area contributed by atoms with Crippen molar-refractivity contribution in [2.24, 2.45) is 0 Å². The van der Waals surface area contributed by atoms with E-state index in [0.717, 1.165) is 17.7 Å². The van der Waals surface area contributed by atoms with E-state index in [-0.39, 0.29) is 18.2 Å². The molecule has 1 aliphatic carbocycles. The van der Waals surface area contributed by atoms with Gasteiger partial charge in [-0.1, -0.05) is 11.6 Å². The van der Waals surface area contributed by atoms with Crippen LogP contribution in [0.2, 0.25) is 5.02 Å². The fraction of sp³-hybridized carbons (Fsp3) is 0.312. The molecule has 0 saturated carbocycles. The Labute approximate surface area is 132 Å². The molecule has 0 unspecified atom stereocenters. The molecule has 0 radical (unpaired) electrons. The van der Waals surface area contributed by atoms with E-state index in [0.29, 0.717) is 40.3 Å². The van der Waals surface area contributed by atoms with Crippen molar-refractivity contribution in [3.63, 3.8) is 0 Å². The maximum Gasteiger partial charge on any atom is 0.307 e. The van der Waals surface area contributed by atoms with Gasteiger partial charge in [0, 0.05) is 16.2 Å². The molecule has 6 heteroatoms. The Bertz CT molecular complexity index is 695. The zero-order valence-corrected chi connectivity index (χ0v) is 12.5. The quantitative estimate of drug-likeness (QED) is 0.869. The highest BCUT2D eigenvalue weighted by Gasteiger charge is 2.39. The zero-order valence-electron chi connectivity index (χ0n) is 11.8. The average molecular weight is 320 g/mol. The molecule has 0 atom stereocenters. The summed E-state index contributed by atoms with van der Waals surface area (Å²) in [5.41, 5.74) is 1.97. The molecule has 1 N–H and O–H groups in total. The van der Waals surface area contributed by atoms with Gasteiger partial charge in [-0.2, -0.15) is 0 Å². The lowest BCUT2D eigenvalue weighted by molar-refractivity contribution is -0.136. The zero-order chi connectivity index (χ0) is 15.9. The Morgan fingerprint density at radius 2 is 1.73 bits per heavy atom. The number of nitrogens with zero attached hydrogens (tertiary/aromatic N) is 1. The number of carbonyl (C=O) groups excluding carboxylic acids is 2. The van der Waals surface area contributed by atoms with Crippen molar-refractivity contribution in [3.8, 4) is 0 Å². The first kappa shape index (κ1) is 14.8. The van der Waals surface area contributed by atoms with E-state index < -0.39 is 5.97 Å². The van der Waals surface area contributed by atoms with E-state index >= 15 is 0 Å². The Kier molecular flexibility index (Phi) is 3.74. The summed E-state index contributed by atoms with van der Waals surface area (Å²) in [6.45, 7) is 0. The minimum atomic E-state index is -1.02. The third-order valence-corrected chi connectivity index (χ3v) is 4.39. The molecule has 0 bridgehead atoms. The molecule has 1 heterocycles. The minimum Gasteiger partial charge on any atom is -0.481 e. The predicted molar refractivity (Wildman–Crippen MR) is 80.8 cm³/mol. The smallest absolute Gasteiger partial charge is 0.307 e. The van der Waals surface area contributed by atoms with E-state index in [1.807, 2.05) is 0 Å². The molecular weight excluding hydrogens is 306 g/mol. The molecule has 1 aliphatic heterocycles. The molecule has 2 amide bonds.